The van der Waals surface area contributed by atoms with Gasteiger partial charge in [0.15, 0.2) is 11.6 Å². The fraction of sp³-hybridized carbons (Fsp3) is 0.909. The molecule has 28 heavy (non-hydrogen) atoms. The molecule has 6 nitrogen and oxygen atoms in total. The Balaban J connectivity index is 0.00000109. The summed E-state index contributed by atoms with van der Waals surface area (Å²) in [5.74, 6) is -1.24. The lowest BCUT2D eigenvalue weighted by molar-refractivity contribution is -0.217. The second-order valence-electron chi connectivity index (χ2n) is 8.29. The summed E-state index contributed by atoms with van der Waals surface area (Å²) in [6, 6.07) is 0. The maximum atomic E-state index is 11.0. The zero-order valence-electron chi connectivity index (χ0n) is 17.5. The Bertz CT molecular complexity index is 497. The summed E-state index contributed by atoms with van der Waals surface area (Å²) >= 11 is 0. The van der Waals surface area contributed by atoms with Gasteiger partial charge in [-0.25, -0.2) is 0 Å². The third kappa shape index (κ3) is 4.47. The molecule has 2 aliphatic carbocycles. The highest BCUT2D eigenvalue weighted by Gasteiger charge is 2.55. The first-order chi connectivity index (χ1) is 13.6. The van der Waals surface area contributed by atoms with Crippen LogP contribution >= 0.6 is 0 Å². The minimum Gasteiger partial charge on any atom is -0.387 e. The van der Waals surface area contributed by atoms with E-state index >= 15 is 0 Å². The summed E-state index contributed by atoms with van der Waals surface area (Å²) in [5.41, 5.74) is 0. The van der Waals surface area contributed by atoms with Gasteiger partial charge in [0.2, 0.25) is 0 Å². The van der Waals surface area contributed by atoms with Gasteiger partial charge in [-0.2, -0.15) is 0 Å². The average molecular weight is 399 g/mol. The Morgan fingerprint density at radius 1 is 0.821 bits per heavy atom. The largest absolute Gasteiger partial charge is 0.387 e. The molecule has 2 N–H and O–H groups in total. The van der Waals surface area contributed by atoms with E-state index in [0.717, 1.165) is 51.4 Å². The van der Waals surface area contributed by atoms with E-state index in [-0.39, 0.29) is 0 Å². The summed E-state index contributed by atoms with van der Waals surface area (Å²) in [6.45, 7) is 8.03. The molecule has 0 aromatic heterocycles. The van der Waals surface area contributed by atoms with E-state index in [0.29, 0.717) is 6.61 Å². The molecule has 4 rings (SSSR count). The molecule has 2 spiro atoms. The van der Waals surface area contributed by atoms with Crippen LogP contribution in [-0.4, -0.2) is 58.9 Å². The van der Waals surface area contributed by atoms with Crippen molar-refractivity contribution in [1.82, 2.24) is 0 Å². The van der Waals surface area contributed by atoms with Crippen LogP contribution in [0.2, 0.25) is 0 Å². The lowest BCUT2D eigenvalue weighted by Crippen LogP contribution is -2.48. The lowest BCUT2D eigenvalue weighted by Gasteiger charge is -2.34. The number of hydrogen-bond donors (Lipinski definition) is 2. The van der Waals surface area contributed by atoms with Crippen molar-refractivity contribution < 1.29 is 29.2 Å². The molecule has 0 radical (unpaired) electrons. The molecule has 0 aromatic carbocycles. The second kappa shape index (κ2) is 9.54. The molecule has 2 aliphatic heterocycles. The van der Waals surface area contributed by atoms with E-state index in [2.05, 4.69) is 6.58 Å². The second-order valence-corrected chi connectivity index (χ2v) is 8.29. The van der Waals surface area contributed by atoms with Gasteiger partial charge in [0.25, 0.3) is 0 Å². The van der Waals surface area contributed by atoms with E-state index in [1.54, 1.807) is 0 Å². The Kier molecular flexibility index (Phi) is 7.56. The zero-order valence-corrected chi connectivity index (χ0v) is 17.5. The first kappa shape index (κ1) is 22.2. The molecule has 162 valence electrons. The molecular formula is C22H38O6. The summed E-state index contributed by atoms with van der Waals surface area (Å²) in [7, 11) is 0. The molecular weight excluding hydrogens is 360 g/mol. The quantitative estimate of drug-likeness (QED) is 0.707. The lowest BCUT2D eigenvalue weighted by atomic mass is 9.94. The molecule has 0 bridgehead atoms. The molecule has 6 heteroatoms. The number of aliphatic hydroxyl groups excluding tert-OH is 2. The van der Waals surface area contributed by atoms with Crippen LogP contribution in [0.4, 0.5) is 0 Å². The fourth-order valence-electron chi connectivity index (χ4n) is 4.96. The van der Waals surface area contributed by atoms with E-state index in [1.165, 1.54) is 18.9 Å². The molecule has 5 atom stereocenters. The van der Waals surface area contributed by atoms with Crippen molar-refractivity contribution in [2.24, 2.45) is 0 Å². The summed E-state index contributed by atoms with van der Waals surface area (Å²) in [4.78, 5) is 0. The molecule has 2 heterocycles. The highest BCUT2D eigenvalue weighted by molar-refractivity contribution is 5.01. The first-order valence-electron chi connectivity index (χ1n) is 11.2. The average Bonchev–Trinajstić information content (AvgIpc) is 3.32. The normalized spacial score (nSPS) is 35.9. The predicted molar refractivity (Wildman–Crippen MR) is 106 cm³/mol. The standard InChI is InChI=1S/C20H32O6.C2H6/c1-2-14(21)17-18(26-20(25-17)11-7-4-8-12-20)16(22)15-13-23-19(24-15)9-5-3-6-10-19;1-2/h2,14-18,21-22H,1,3-13H2;1-2H3/t14-,15-,16+,17+,18-;/m1./s1. The van der Waals surface area contributed by atoms with Crippen LogP contribution in [0.3, 0.4) is 0 Å². The van der Waals surface area contributed by atoms with Gasteiger partial charge >= 0.3 is 0 Å². The number of aliphatic hydroxyl groups is 2. The van der Waals surface area contributed by atoms with E-state index < -0.39 is 42.1 Å². The van der Waals surface area contributed by atoms with Crippen molar-refractivity contribution in [2.45, 2.75) is 120 Å². The van der Waals surface area contributed by atoms with Crippen LogP contribution in [0.25, 0.3) is 0 Å². The fourth-order valence-corrected chi connectivity index (χ4v) is 4.96. The summed E-state index contributed by atoms with van der Waals surface area (Å²) in [6.07, 6.45) is 7.88. The maximum absolute atomic E-state index is 11.0. The maximum Gasteiger partial charge on any atom is 0.169 e. The van der Waals surface area contributed by atoms with Crippen LogP contribution < -0.4 is 0 Å². The van der Waals surface area contributed by atoms with E-state index in [4.69, 9.17) is 18.9 Å². The van der Waals surface area contributed by atoms with E-state index in [9.17, 15) is 10.2 Å². The van der Waals surface area contributed by atoms with Gasteiger partial charge in [-0.1, -0.05) is 32.8 Å². The Hall–Kier alpha value is -0.500. The highest BCUT2D eigenvalue weighted by atomic mass is 16.8. The molecule has 4 aliphatic rings. The molecule has 0 aromatic rings. The van der Waals surface area contributed by atoms with Gasteiger partial charge in [-0.05, 0) is 25.7 Å². The van der Waals surface area contributed by atoms with Crippen LogP contribution in [0.1, 0.15) is 78.1 Å². The Morgan fingerprint density at radius 2 is 1.36 bits per heavy atom. The number of ether oxygens (including phenoxy) is 4. The summed E-state index contributed by atoms with van der Waals surface area (Å²) in [5, 5.41) is 21.4. The van der Waals surface area contributed by atoms with Gasteiger partial charge in [-0.3, -0.25) is 0 Å². The topological polar surface area (TPSA) is 77.4 Å². The molecule has 4 fully saturated rings. The Morgan fingerprint density at radius 3 is 1.93 bits per heavy atom. The van der Waals surface area contributed by atoms with Crippen molar-refractivity contribution in [3.8, 4) is 0 Å². The third-order valence-corrected chi connectivity index (χ3v) is 6.43. The van der Waals surface area contributed by atoms with Gasteiger partial charge in [-0.15, -0.1) is 6.58 Å². The van der Waals surface area contributed by atoms with Crippen molar-refractivity contribution in [2.75, 3.05) is 6.61 Å². The zero-order chi connectivity index (χ0) is 20.2. The van der Waals surface area contributed by atoms with Crippen LogP contribution in [0, 0.1) is 0 Å². The predicted octanol–water partition coefficient (Wildman–Crippen LogP) is 3.44. The number of rotatable bonds is 4. The van der Waals surface area contributed by atoms with Gasteiger partial charge < -0.3 is 29.2 Å². The van der Waals surface area contributed by atoms with Crippen LogP contribution in [0.5, 0.6) is 0 Å². The van der Waals surface area contributed by atoms with Crippen molar-refractivity contribution in [3.63, 3.8) is 0 Å². The first-order valence-corrected chi connectivity index (χ1v) is 11.2. The summed E-state index contributed by atoms with van der Waals surface area (Å²) < 4.78 is 24.6. The Labute approximate surface area is 169 Å². The highest BCUT2D eigenvalue weighted by Crippen LogP contribution is 2.44. The van der Waals surface area contributed by atoms with Crippen molar-refractivity contribution in [3.05, 3.63) is 12.7 Å². The molecule has 0 amide bonds. The molecule has 2 saturated carbocycles. The minimum atomic E-state index is -0.905. The monoisotopic (exact) mass is 398 g/mol. The minimum absolute atomic E-state index is 0.352. The van der Waals surface area contributed by atoms with Gasteiger partial charge in [0.05, 0.1) is 6.61 Å². The van der Waals surface area contributed by atoms with Crippen LogP contribution in [-0.2, 0) is 18.9 Å². The van der Waals surface area contributed by atoms with Crippen LogP contribution in [0.15, 0.2) is 12.7 Å². The van der Waals surface area contributed by atoms with Gasteiger partial charge in [0.1, 0.15) is 30.5 Å². The third-order valence-electron chi connectivity index (χ3n) is 6.43. The van der Waals surface area contributed by atoms with Crippen molar-refractivity contribution in [1.29, 1.82) is 0 Å². The molecule has 2 saturated heterocycles. The van der Waals surface area contributed by atoms with Gasteiger partial charge in [0, 0.05) is 25.7 Å². The smallest absolute Gasteiger partial charge is 0.169 e. The molecule has 0 unspecified atom stereocenters. The van der Waals surface area contributed by atoms with Crippen molar-refractivity contribution >= 4 is 0 Å². The van der Waals surface area contributed by atoms with E-state index in [1.807, 2.05) is 13.8 Å². The number of hydrogen-bond acceptors (Lipinski definition) is 6. The SMILES string of the molecule is C=C[C@@H](O)[C@@H]1OC2(CCCCC2)O[C@@H]1[C@@H](O)[C@H]1COC2(CCCCC2)O1.CC.